The molecule has 202 valence electrons. The van der Waals surface area contributed by atoms with Gasteiger partial charge in [0, 0.05) is 34.8 Å². The lowest BCUT2D eigenvalue weighted by Crippen LogP contribution is -2.27. The van der Waals surface area contributed by atoms with E-state index in [1.807, 2.05) is 54.1 Å². The molecule has 0 radical (unpaired) electrons. The van der Waals surface area contributed by atoms with Crippen LogP contribution in [0.25, 0.3) is 38.9 Å². The van der Waals surface area contributed by atoms with Crippen LogP contribution in [0.15, 0.2) is 72.4 Å². The third kappa shape index (κ3) is 4.52. The first-order chi connectivity index (χ1) is 19.9. The van der Waals surface area contributed by atoms with E-state index in [9.17, 15) is 4.79 Å². The Morgan fingerprint density at radius 1 is 1.02 bits per heavy atom. The Labute approximate surface area is 240 Å². The molecule has 0 saturated heterocycles. The lowest BCUT2D eigenvalue weighted by atomic mass is 10.1. The average Bonchev–Trinajstić information content (AvgIpc) is 3.70. The molecule has 6 aromatic rings. The van der Waals surface area contributed by atoms with Crippen LogP contribution in [0.1, 0.15) is 45.3 Å². The van der Waals surface area contributed by atoms with Crippen molar-refractivity contribution in [1.82, 2.24) is 34.8 Å². The maximum atomic E-state index is 12.9. The Morgan fingerprint density at radius 3 is 2.71 bits per heavy atom. The third-order valence-corrected chi connectivity index (χ3v) is 8.35. The molecule has 1 aromatic carbocycles. The van der Waals surface area contributed by atoms with Crippen molar-refractivity contribution < 1.29 is 4.79 Å². The molecule has 7 rings (SSSR count). The molecule has 0 fully saturated rings. The zero-order chi connectivity index (χ0) is 28.1. The number of nitrogens with zero attached hydrogens (tertiary/aromatic N) is 6. The van der Waals surface area contributed by atoms with Gasteiger partial charge in [-0.2, -0.15) is 0 Å². The lowest BCUT2D eigenvalue weighted by molar-refractivity contribution is 0.0936. The number of rotatable bonds is 5. The molecule has 0 bridgehead atoms. The summed E-state index contributed by atoms with van der Waals surface area (Å²) in [6.07, 6.45) is 4.95. The molecule has 1 amide bonds. The van der Waals surface area contributed by atoms with Crippen molar-refractivity contribution in [2.45, 2.75) is 32.7 Å². The van der Waals surface area contributed by atoms with E-state index in [0.29, 0.717) is 22.9 Å². The summed E-state index contributed by atoms with van der Waals surface area (Å²) in [4.78, 5) is 36.1. The van der Waals surface area contributed by atoms with Gasteiger partial charge in [0.05, 0.1) is 17.2 Å². The van der Waals surface area contributed by atoms with Crippen molar-refractivity contribution in [3.8, 4) is 27.8 Å². The molecule has 1 aliphatic carbocycles. The molecule has 41 heavy (non-hydrogen) atoms. The molecule has 0 spiro atoms. The minimum absolute atomic E-state index is 0.0707. The predicted octanol–water partition coefficient (Wildman–Crippen LogP) is 5.62. The van der Waals surface area contributed by atoms with Gasteiger partial charge >= 0.3 is 0 Å². The van der Waals surface area contributed by atoms with Crippen LogP contribution in [0.4, 0.5) is 5.82 Å². The van der Waals surface area contributed by atoms with Gasteiger partial charge in [0.2, 0.25) is 0 Å². The van der Waals surface area contributed by atoms with Crippen LogP contribution in [-0.2, 0) is 6.42 Å². The number of anilines is 1. The van der Waals surface area contributed by atoms with Crippen molar-refractivity contribution in [2.24, 2.45) is 0 Å². The fraction of sp³-hybridized carbons (Fsp3) is 0.161. The molecule has 3 N–H and O–H groups in total. The van der Waals surface area contributed by atoms with E-state index in [0.717, 1.165) is 57.3 Å². The van der Waals surface area contributed by atoms with Crippen LogP contribution in [-0.4, -0.2) is 35.4 Å². The van der Waals surface area contributed by atoms with Crippen LogP contribution in [0.3, 0.4) is 0 Å². The number of nitrogens with one attached hydrogen (secondary N) is 1. The van der Waals surface area contributed by atoms with Crippen molar-refractivity contribution in [1.29, 1.82) is 0 Å². The van der Waals surface area contributed by atoms with Crippen molar-refractivity contribution in [2.75, 3.05) is 5.73 Å². The highest BCUT2D eigenvalue weighted by atomic mass is 32.1. The second kappa shape index (κ2) is 9.90. The lowest BCUT2D eigenvalue weighted by Gasteiger charge is -2.16. The largest absolute Gasteiger partial charge is 0.383 e. The highest BCUT2D eigenvalue weighted by molar-refractivity contribution is 7.13. The number of aromatic nitrogens is 6. The number of fused-ring (bicyclic) bond motifs is 2. The SMILES string of the molecule is Cc1ccc(C(=O)N[C@H]2CCc3cc(-n4c(-c5cccnc5N)nc5ccc(-c6nc(C)cs6)nc54)ccc32)cn1. The van der Waals surface area contributed by atoms with Gasteiger partial charge in [-0.25, -0.2) is 19.9 Å². The van der Waals surface area contributed by atoms with Crippen molar-refractivity contribution in [3.05, 3.63) is 100 Å². The number of amides is 1. The van der Waals surface area contributed by atoms with Gasteiger partial charge < -0.3 is 11.1 Å². The first kappa shape index (κ1) is 25.0. The van der Waals surface area contributed by atoms with Gasteiger partial charge in [0.1, 0.15) is 22.0 Å². The quantitative estimate of drug-likeness (QED) is 0.281. The highest BCUT2D eigenvalue weighted by Crippen LogP contribution is 2.36. The predicted molar refractivity (Wildman–Crippen MR) is 160 cm³/mol. The maximum absolute atomic E-state index is 12.9. The number of pyridine rings is 3. The average molecular weight is 559 g/mol. The second-order valence-corrected chi connectivity index (χ2v) is 11.0. The molecular formula is C31H26N8OS. The molecule has 1 aliphatic rings. The summed E-state index contributed by atoms with van der Waals surface area (Å²) in [7, 11) is 0. The van der Waals surface area contributed by atoms with Gasteiger partial charge in [-0.05, 0) is 86.3 Å². The Balaban J connectivity index is 1.31. The molecule has 5 heterocycles. The molecule has 0 saturated carbocycles. The van der Waals surface area contributed by atoms with E-state index in [-0.39, 0.29) is 11.9 Å². The number of hydrogen-bond donors (Lipinski definition) is 2. The number of benzene rings is 1. The molecule has 0 unspecified atom stereocenters. The van der Waals surface area contributed by atoms with E-state index >= 15 is 0 Å². The zero-order valence-electron chi connectivity index (χ0n) is 22.5. The van der Waals surface area contributed by atoms with E-state index in [4.69, 9.17) is 15.7 Å². The van der Waals surface area contributed by atoms with Crippen LogP contribution in [0.5, 0.6) is 0 Å². The molecular weight excluding hydrogens is 532 g/mol. The first-order valence-electron chi connectivity index (χ1n) is 13.3. The smallest absolute Gasteiger partial charge is 0.253 e. The van der Waals surface area contributed by atoms with Gasteiger partial charge in [-0.1, -0.05) is 6.07 Å². The third-order valence-electron chi connectivity index (χ3n) is 7.36. The number of thiazole rings is 1. The van der Waals surface area contributed by atoms with Gasteiger partial charge in [0.15, 0.2) is 11.5 Å². The Morgan fingerprint density at radius 2 is 1.93 bits per heavy atom. The molecule has 10 heteroatoms. The molecule has 9 nitrogen and oxygen atoms in total. The monoisotopic (exact) mass is 558 g/mol. The Hall–Kier alpha value is -4.96. The van der Waals surface area contributed by atoms with Crippen LogP contribution in [0.2, 0.25) is 0 Å². The summed E-state index contributed by atoms with van der Waals surface area (Å²) in [6.45, 7) is 3.88. The van der Waals surface area contributed by atoms with Gasteiger partial charge in [0.25, 0.3) is 5.91 Å². The fourth-order valence-corrected chi connectivity index (χ4v) is 6.08. The number of imidazole rings is 1. The van der Waals surface area contributed by atoms with Crippen molar-refractivity contribution >= 4 is 34.2 Å². The molecule has 0 aliphatic heterocycles. The number of nitrogen functional groups attached to an aromatic ring is 1. The summed E-state index contributed by atoms with van der Waals surface area (Å²) in [5.74, 6) is 0.943. The summed E-state index contributed by atoms with van der Waals surface area (Å²) in [6, 6.07) is 17.6. The zero-order valence-corrected chi connectivity index (χ0v) is 23.3. The van der Waals surface area contributed by atoms with Crippen LogP contribution in [0, 0.1) is 13.8 Å². The Kier molecular flexibility index (Phi) is 6.05. The summed E-state index contributed by atoms with van der Waals surface area (Å²) in [5.41, 5.74) is 14.9. The number of hydrogen-bond acceptors (Lipinski definition) is 8. The van der Waals surface area contributed by atoms with E-state index in [1.165, 1.54) is 5.56 Å². The van der Waals surface area contributed by atoms with E-state index in [1.54, 1.807) is 29.8 Å². The summed E-state index contributed by atoms with van der Waals surface area (Å²) in [5, 5.41) is 6.06. The summed E-state index contributed by atoms with van der Waals surface area (Å²) < 4.78 is 2.04. The number of aryl methyl sites for hydroxylation is 3. The first-order valence-corrected chi connectivity index (χ1v) is 14.2. The molecule has 5 aromatic heterocycles. The summed E-state index contributed by atoms with van der Waals surface area (Å²) >= 11 is 1.57. The standard InChI is InChI=1S/C31H26N8OS/c1-17-5-6-20(15-34-17)30(40)38-24-10-7-19-14-21(8-9-22(19)24)39-28(23-4-3-13-33-27(23)32)36-25-11-12-26(37-29(25)39)31-35-18(2)16-41-31/h3-6,8-9,11-16,24H,7,10H2,1-2H3,(H2,32,33)(H,38,40)/t24-/m0/s1. The minimum atomic E-state index is -0.122. The topological polar surface area (TPSA) is 124 Å². The Bertz CT molecular complexity index is 1940. The van der Waals surface area contributed by atoms with Crippen molar-refractivity contribution in [3.63, 3.8) is 0 Å². The number of carbonyl (C=O) groups excluding carboxylic acids is 1. The van der Waals surface area contributed by atoms with E-state index in [2.05, 4.69) is 38.5 Å². The number of carbonyl (C=O) groups is 1. The van der Waals surface area contributed by atoms with Crippen LogP contribution >= 0.6 is 11.3 Å². The maximum Gasteiger partial charge on any atom is 0.253 e. The van der Waals surface area contributed by atoms with Gasteiger partial charge in [-0.3, -0.25) is 14.3 Å². The number of nitrogens with two attached hydrogens (primary N) is 1. The van der Waals surface area contributed by atoms with Crippen LogP contribution < -0.4 is 11.1 Å². The molecule has 1 atom stereocenters. The highest BCUT2D eigenvalue weighted by Gasteiger charge is 2.26. The fourth-order valence-electron chi connectivity index (χ4n) is 5.32. The normalized spacial score (nSPS) is 14.3. The van der Waals surface area contributed by atoms with E-state index < -0.39 is 0 Å². The second-order valence-electron chi connectivity index (χ2n) is 10.2. The van der Waals surface area contributed by atoms with Gasteiger partial charge in [-0.15, -0.1) is 11.3 Å². The minimum Gasteiger partial charge on any atom is -0.383 e.